The molecule has 1 atom stereocenters. The van der Waals surface area contributed by atoms with Crippen LogP contribution in [0.15, 0.2) is 53.0 Å². The lowest BCUT2D eigenvalue weighted by Gasteiger charge is -2.14. The standard InChI is InChI=1S/C16H17BrFN/c1-12(9-13-5-3-2-4-6-13)19-11-14-7-8-15(18)10-16(14)17/h2-8,10,12,19H,9,11H2,1H3. The predicted octanol–water partition coefficient (Wildman–Crippen LogP) is 4.31. The fraction of sp³-hybridized carbons (Fsp3) is 0.250. The van der Waals surface area contributed by atoms with Crippen molar-refractivity contribution in [3.8, 4) is 0 Å². The molecule has 0 fully saturated rings. The fourth-order valence-corrected chi connectivity index (χ4v) is 2.48. The van der Waals surface area contributed by atoms with Crippen LogP contribution in [0.2, 0.25) is 0 Å². The second kappa shape index (κ2) is 6.83. The van der Waals surface area contributed by atoms with Gasteiger partial charge in [0, 0.05) is 17.1 Å². The average Bonchev–Trinajstić information content (AvgIpc) is 2.39. The Morgan fingerprint density at radius 1 is 1.16 bits per heavy atom. The summed E-state index contributed by atoms with van der Waals surface area (Å²) in [6.45, 7) is 2.89. The van der Waals surface area contributed by atoms with Crippen LogP contribution in [0.1, 0.15) is 18.1 Å². The number of hydrogen-bond acceptors (Lipinski definition) is 1. The minimum absolute atomic E-state index is 0.215. The Bertz CT molecular complexity index is 528. The molecular formula is C16H17BrFN. The molecule has 100 valence electrons. The van der Waals surface area contributed by atoms with Gasteiger partial charge >= 0.3 is 0 Å². The molecule has 0 amide bonds. The summed E-state index contributed by atoms with van der Waals surface area (Å²) in [5.74, 6) is -0.215. The molecule has 1 N–H and O–H groups in total. The van der Waals surface area contributed by atoms with Crippen molar-refractivity contribution in [2.45, 2.75) is 25.9 Å². The van der Waals surface area contributed by atoms with E-state index in [9.17, 15) is 4.39 Å². The maximum atomic E-state index is 13.0. The third-order valence-corrected chi connectivity index (χ3v) is 3.78. The molecule has 0 saturated heterocycles. The van der Waals surface area contributed by atoms with E-state index in [0.29, 0.717) is 6.04 Å². The van der Waals surface area contributed by atoms with Crippen LogP contribution in [-0.2, 0) is 13.0 Å². The van der Waals surface area contributed by atoms with E-state index in [-0.39, 0.29) is 5.82 Å². The minimum atomic E-state index is -0.215. The Morgan fingerprint density at radius 2 is 1.89 bits per heavy atom. The summed E-state index contributed by atoms with van der Waals surface area (Å²) in [5, 5.41) is 3.46. The molecule has 0 heterocycles. The van der Waals surface area contributed by atoms with Gasteiger partial charge in [0.25, 0.3) is 0 Å². The monoisotopic (exact) mass is 321 g/mol. The lowest BCUT2D eigenvalue weighted by atomic mass is 10.1. The largest absolute Gasteiger partial charge is 0.310 e. The molecular weight excluding hydrogens is 305 g/mol. The van der Waals surface area contributed by atoms with Gasteiger partial charge in [0.05, 0.1) is 0 Å². The van der Waals surface area contributed by atoms with Crippen LogP contribution < -0.4 is 5.32 Å². The van der Waals surface area contributed by atoms with Crippen molar-refractivity contribution < 1.29 is 4.39 Å². The first-order valence-electron chi connectivity index (χ1n) is 6.36. The van der Waals surface area contributed by atoms with E-state index in [1.54, 1.807) is 0 Å². The molecule has 2 rings (SSSR count). The summed E-state index contributed by atoms with van der Waals surface area (Å²) in [6, 6.07) is 15.6. The van der Waals surface area contributed by atoms with E-state index < -0.39 is 0 Å². The maximum Gasteiger partial charge on any atom is 0.124 e. The van der Waals surface area contributed by atoms with Crippen molar-refractivity contribution in [2.75, 3.05) is 0 Å². The Morgan fingerprint density at radius 3 is 2.58 bits per heavy atom. The lowest BCUT2D eigenvalue weighted by molar-refractivity contribution is 0.543. The van der Waals surface area contributed by atoms with E-state index >= 15 is 0 Å². The van der Waals surface area contributed by atoms with Gasteiger partial charge < -0.3 is 5.32 Å². The van der Waals surface area contributed by atoms with Gasteiger partial charge in [0.2, 0.25) is 0 Å². The number of hydrogen-bond donors (Lipinski definition) is 1. The molecule has 2 aromatic carbocycles. The van der Waals surface area contributed by atoms with Crippen molar-refractivity contribution in [3.63, 3.8) is 0 Å². The van der Waals surface area contributed by atoms with Gasteiger partial charge in [0.1, 0.15) is 5.82 Å². The van der Waals surface area contributed by atoms with Crippen molar-refractivity contribution in [3.05, 3.63) is 69.9 Å². The first kappa shape index (κ1) is 14.2. The van der Waals surface area contributed by atoms with Crippen LogP contribution in [0.5, 0.6) is 0 Å². The van der Waals surface area contributed by atoms with Gasteiger partial charge in [-0.2, -0.15) is 0 Å². The van der Waals surface area contributed by atoms with Gasteiger partial charge in [0.15, 0.2) is 0 Å². The zero-order valence-electron chi connectivity index (χ0n) is 10.9. The van der Waals surface area contributed by atoms with Crippen molar-refractivity contribution in [1.82, 2.24) is 5.32 Å². The molecule has 1 unspecified atom stereocenters. The Labute approximate surface area is 122 Å². The quantitative estimate of drug-likeness (QED) is 0.865. The zero-order chi connectivity index (χ0) is 13.7. The van der Waals surface area contributed by atoms with Crippen LogP contribution in [0, 0.1) is 5.82 Å². The van der Waals surface area contributed by atoms with Crippen LogP contribution in [0.25, 0.3) is 0 Å². The van der Waals surface area contributed by atoms with Gasteiger partial charge in [-0.25, -0.2) is 4.39 Å². The molecule has 3 heteroatoms. The van der Waals surface area contributed by atoms with Crippen LogP contribution in [-0.4, -0.2) is 6.04 Å². The molecule has 0 saturated carbocycles. The highest BCUT2D eigenvalue weighted by Gasteiger charge is 2.05. The molecule has 0 spiro atoms. The van der Waals surface area contributed by atoms with Crippen molar-refractivity contribution in [2.24, 2.45) is 0 Å². The molecule has 0 aliphatic rings. The summed E-state index contributed by atoms with van der Waals surface area (Å²) in [6.07, 6.45) is 0.986. The fourth-order valence-electron chi connectivity index (χ4n) is 1.99. The highest BCUT2D eigenvalue weighted by molar-refractivity contribution is 9.10. The second-order valence-corrected chi connectivity index (χ2v) is 5.56. The van der Waals surface area contributed by atoms with E-state index in [2.05, 4.69) is 52.4 Å². The van der Waals surface area contributed by atoms with E-state index in [1.165, 1.54) is 17.7 Å². The molecule has 2 aromatic rings. The molecule has 0 aromatic heterocycles. The maximum absolute atomic E-state index is 13.0. The first-order chi connectivity index (χ1) is 9.15. The van der Waals surface area contributed by atoms with E-state index in [4.69, 9.17) is 0 Å². The van der Waals surface area contributed by atoms with Gasteiger partial charge in [-0.1, -0.05) is 52.3 Å². The van der Waals surface area contributed by atoms with Gasteiger partial charge in [-0.05, 0) is 36.6 Å². The summed E-state index contributed by atoms with van der Waals surface area (Å²) in [4.78, 5) is 0. The molecule has 0 radical (unpaired) electrons. The van der Waals surface area contributed by atoms with Crippen LogP contribution in [0.3, 0.4) is 0 Å². The topological polar surface area (TPSA) is 12.0 Å². The smallest absolute Gasteiger partial charge is 0.124 e. The summed E-state index contributed by atoms with van der Waals surface area (Å²) in [7, 11) is 0. The van der Waals surface area contributed by atoms with E-state index in [0.717, 1.165) is 23.0 Å². The summed E-state index contributed by atoms with van der Waals surface area (Å²) >= 11 is 3.38. The molecule has 0 bridgehead atoms. The SMILES string of the molecule is CC(Cc1ccccc1)NCc1ccc(F)cc1Br. The normalized spacial score (nSPS) is 12.4. The molecule has 1 nitrogen and oxygen atoms in total. The highest BCUT2D eigenvalue weighted by atomic mass is 79.9. The van der Waals surface area contributed by atoms with Gasteiger partial charge in [-0.3, -0.25) is 0 Å². The molecule has 19 heavy (non-hydrogen) atoms. The van der Waals surface area contributed by atoms with Crippen LogP contribution >= 0.6 is 15.9 Å². The Kier molecular flexibility index (Phi) is 5.11. The molecule has 0 aliphatic carbocycles. The second-order valence-electron chi connectivity index (χ2n) is 4.71. The van der Waals surface area contributed by atoms with E-state index in [1.807, 2.05) is 12.1 Å². The zero-order valence-corrected chi connectivity index (χ0v) is 12.5. The third-order valence-electron chi connectivity index (χ3n) is 3.04. The van der Waals surface area contributed by atoms with Gasteiger partial charge in [-0.15, -0.1) is 0 Å². The van der Waals surface area contributed by atoms with Crippen molar-refractivity contribution in [1.29, 1.82) is 0 Å². The Hall–Kier alpha value is -1.19. The highest BCUT2D eigenvalue weighted by Crippen LogP contribution is 2.18. The third kappa shape index (κ3) is 4.44. The average molecular weight is 322 g/mol. The number of halogens is 2. The minimum Gasteiger partial charge on any atom is -0.310 e. The molecule has 0 aliphatic heterocycles. The van der Waals surface area contributed by atoms with Crippen molar-refractivity contribution >= 4 is 15.9 Å². The Balaban J connectivity index is 1.88. The number of nitrogens with one attached hydrogen (secondary N) is 1. The summed E-state index contributed by atoms with van der Waals surface area (Å²) < 4.78 is 13.8. The van der Waals surface area contributed by atoms with Crippen LogP contribution in [0.4, 0.5) is 4.39 Å². The lowest BCUT2D eigenvalue weighted by Crippen LogP contribution is -2.27. The number of rotatable bonds is 5. The first-order valence-corrected chi connectivity index (χ1v) is 7.15. The predicted molar refractivity (Wildman–Crippen MR) is 80.5 cm³/mol. The number of benzene rings is 2. The summed E-state index contributed by atoms with van der Waals surface area (Å²) in [5.41, 5.74) is 2.39.